The summed E-state index contributed by atoms with van der Waals surface area (Å²) < 4.78 is 24.3. The number of nitrogens with one attached hydrogen (secondary N) is 3. The quantitative estimate of drug-likeness (QED) is 0.363. The topological polar surface area (TPSA) is 92.6 Å². The van der Waals surface area contributed by atoms with Gasteiger partial charge in [0, 0.05) is 22.7 Å². The van der Waals surface area contributed by atoms with E-state index in [4.69, 9.17) is 21.4 Å². The molecule has 166 valence electrons. The van der Waals surface area contributed by atoms with Gasteiger partial charge in [0.2, 0.25) is 0 Å². The number of anilines is 2. The van der Waals surface area contributed by atoms with Crippen molar-refractivity contribution in [3.63, 3.8) is 0 Å². The summed E-state index contributed by atoms with van der Waals surface area (Å²) in [4.78, 5) is 24.8. The molecule has 0 bridgehead atoms. The summed E-state index contributed by atoms with van der Waals surface area (Å²) in [6, 6.07) is 19.1. The third-order valence-corrected chi connectivity index (χ3v) is 4.87. The monoisotopic (exact) mass is 463 g/mol. The Balaban J connectivity index is 1.43. The van der Waals surface area contributed by atoms with Gasteiger partial charge in [-0.2, -0.15) is 0 Å². The van der Waals surface area contributed by atoms with Crippen LogP contribution in [0.5, 0.6) is 5.75 Å². The van der Waals surface area contributed by atoms with E-state index in [2.05, 4.69) is 16.0 Å². The zero-order valence-electron chi connectivity index (χ0n) is 17.3. The summed E-state index contributed by atoms with van der Waals surface area (Å²) in [5.41, 5.74) is 1.68. The largest absolute Gasteiger partial charge is 0.494 e. The Kier molecular flexibility index (Phi) is 6.32. The van der Waals surface area contributed by atoms with Crippen LogP contribution in [0.2, 0.25) is 0 Å². The highest BCUT2D eigenvalue weighted by Crippen LogP contribution is 2.29. The molecule has 0 aliphatic rings. The molecule has 3 N–H and O–H groups in total. The van der Waals surface area contributed by atoms with E-state index >= 15 is 0 Å². The molecule has 0 aliphatic heterocycles. The van der Waals surface area contributed by atoms with Gasteiger partial charge in [0.25, 0.3) is 11.8 Å². The van der Waals surface area contributed by atoms with Crippen molar-refractivity contribution in [1.82, 2.24) is 5.32 Å². The van der Waals surface area contributed by atoms with Crippen LogP contribution in [-0.4, -0.2) is 24.0 Å². The van der Waals surface area contributed by atoms with Crippen molar-refractivity contribution in [2.45, 2.75) is 0 Å². The molecule has 33 heavy (non-hydrogen) atoms. The highest BCUT2D eigenvalue weighted by atomic mass is 32.1. The van der Waals surface area contributed by atoms with Gasteiger partial charge in [-0.1, -0.05) is 24.3 Å². The number of carbonyl (C=O) groups excluding carboxylic acids is 2. The molecule has 1 aromatic heterocycles. The van der Waals surface area contributed by atoms with Crippen LogP contribution in [0.25, 0.3) is 11.0 Å². The second kappa shape index (κ2) is 9.49. The molecule has 2 amide bonds. The predicted molar refractivity (Wildman–Crippen MR) is 127 cm³/mol. The molecule has 7 nitrogen and oxygen atoms in total. The molecule has 0 saturated carbocycles. The average molecular weight is 463 g/mol. The number of carbonyl (C=O) groups is 2. The smallest absolute Gasteiger partial charge is 0.291 e. The van der Waals surface area contributed by atoms with Crippen LogP contribution in [0.4, 0.5) is 15.8 Å². The molecular weight excluding hydrogens is 445 g/mol. The molecule has 0 spiro atoms. The molecule has 0 saturated heterocycles. The van der Waals surface area contributed by atoms with Gasteiger partial charge >= 0.3 is 0 Å². The minimum Gasteiger partial charge on any atom is -0.494 e. The van der Waals surface area contributed by atoms with E-state index in [-0.39, 0.29) is 16.4 Å². The van der Waals surface area contributed by atoms with Crippen LogP contribution in [-0.2, 0) is 0 Å². The minimum atomic E-state index is -0.548. The van der Waals surface area contributed by atoms with Crippen LogP contribution < -0.4 is 20.7 Å². The van der Waals surface area contributed by atoms with E-state index in [1.807, 2.05) is 18.2 Å². The first-order chi connectivity index (χ1) is 15.9. The summed E-state index contributed by atoms with van der Waals surface area (Å²) in [6.07, 6.45) is 0. The number of amides is 2. The Morgan fingerprint density at radius 1 is 0.939 bits per heavy atom. The van der Waals surface area contributed by atoms with E-state index < -0.39 is 17.6 Å². The normalized spacial score (nSPS) is 10.5. The number of rotatable bonds is 5. The number of ether oxygens (including phenoxy) is 1. The number of halogens is 1. The van der Waals surface area contributed by atoms with Crippen LogP contribution in [0.1, 0.15) is 20.9 Å². The Morgan fingerprint density at radius 3 is 2.52 bits per heavy atom. The van der Waals surface area contributed by atoms with Gasteiger partial charge in [-0.15, -0.1) is 0 Å². The Hall–Kier alpha value is -4.24. The third-order valence-electron chi connectivity index (χ3n) is 4.67. The van der Waals surface area contributed by atoms with Crippen LogP contribution >= 0.6 is 12.2 Å². The number of hydrogen-bond donors (Lipinski definition) is 3. The molecule has 9 heteroatoms. The van der Waals surface area contributed by atoms with Crippen molar-refractivity contribution in [3.8, 4) is 5.75 Å². The Bertz CT molecular complexity index is 1340. The van der Waals surface area contributed by atoms with Gasteiger partial charge in [0.05, 0.1) is 12.8 Å². The first kappa shape index (κ1) is 22.0. The van der Waals surface area contributed by atoms with E-state index in [1.54, 1.807) is 30.3 Å². The zero-order valence-corrected chi connectivity index (χ0v) is 18.2. The summed E-state index contributed by atoms with van der Waals surface area (Å²) in [5.74, 6) is -0.964. The van der Waals surface area contributed by atoms with E-state index in [9.17, 15) is 14.0 Å². The van der Waals surface area contributed by atoms with Crippen LogP contribution in [0, 0.1) is 5.82 Å². The van der Waals surface area contributed by atoms with Gasteiger partial charge < -0.3 is 19.8 Å². The second-order valence-corrected chi connectivity index (χ2v) is 7.34. The number of fused-ring (bicyclic) bond motifs is 1. The molecule has 4 rings (SSSR count). The molecule has 0 atom stereocenters. The van der Waals surface area contributed by atoms with Crippen molar-refractivity contribution < 1.29 is 23.1 Å². The lowest BCUT2D eigenvalue weighted by Crippen LogP contribution is -2.34. The zero-order chi connectivity index (χ0) is 23.4. The minimum absolute atomic E-state index is 0.0189. The number of benzene rings is 3. The summed E-state index contributed by atoms with van der Waals surface area (Å²) >= 11 is 5.16. The van der Waals surface area contributed by atoms with Crippen molar-refractivity contribution >= 4 is 51.5 Å². The lowest BCUT2D eigenvalue weighted by atomic mass is 10.2. The Labute approximate surface area is 193 Å². The van der Waals surface area contributed by atoms with Gasteiger partial charge in [-0.25, -0.2) is 4.39 Å². The molecule has 4 aromatic rings. The summed E-state index contributed by atoms with van der Waals surface area (Å²) in [5, 5.41) is 8.93. The fraction of sp³-hybridized carbons (Fsp3) is 0.0417. The number of para-hydroxylation sites is 1. The molecule has 0 fully saturated rings. The highest BCUT2D eigenvalue weighted by molar-refractivity contribution is 7.80. The number of hydrogen-bond acceptors (Lipinski definition) is 5. The first-order valence-electron chi connectivity index (χ1n) is 9.79. The molecule has 0 aliphatic carbocycles. The molecule has 0 unspecified atom stereocenters. The van der Waals surface area contributed by atoms with Gasteiger partial charge in [0.15, 0.2) is 10.9 Å². The number of thiocarbonyl (C=S) groups is 1. The second-order valence-electron chi connectivity index (χ2n) is 6.94. The van der Waals surface area contributed by atoms with Gasteiger partial charge in [-0.05, 0) is 54.7 Å². The maximum Gasteiger partial charge on any atom is 0.291 e. The average Bonchev–Trinajstić information content (AvgIpc) is 3.24. The van der Waals surface area contributed by atoms with Crippen molar-refractivity contribution in [2.75, 3.05) is 17.7 Å². The maximum atomic E-state index is 13.3. The van der Waals surface area contributed by atoms with Crippen LogP contribution in [0.3, 0.4) is 0 Å². The first-order valence-corrected chi connectivity index (χ1v) is 10.2. The SMILES string of the molecule is COc1cc(NC(=S)NC(=O)c2cccc(F)c2)ccc1NC(=O)c1cc2ccccc2o1. The lowest BCUT2D eigenvalue weighted by Gasteiger charge is -2.13. The highest BCUT2D eigenvalue weighted by Gasteiger charge is 2.15. The molecule has 1 heterocycles. The van der Waals surface area contributed by atoms with Gasteiger partial charge in [-0.3, -0.25) is 14.9 Å². The van der Waals surface area contributed by atoms with E-state index in [0.29, 0.717) is 22.7 Å². The number of methoxy groups -OCH3 is 1. The molecule has 0 radical (unpaired) electrons. The predicted octanol–water partition coefficient (Wildman–Crippen LogP) is 4.96. The van der Waals surface area contributed by atoms with Crippen LogP contribution in [0.15, 0.2) is 77.2 Å². The maximum absolute atomic E-state index is 13.3. The van der Waals surface area contributed by atoms with Crippen molar-refractivity contribution in [3.05, 3.63) is 89.9 Å². The Morgan fingerprint density at radius 2 is 1.76 bits per heavy atom. The van der Waals surface area contributed by atoms with E-state index in [0.717, 1.165) is 11.5 Å². The fourth-order valence-corrected chi connectivity index (χ4v) is 3.33. The summed E-state index contributed by atoms with van der Waals surface area (Å²) in [6.45, 7) is 0. The summed E-state index contributed by atoms with van der Waals surface area (Å²) in [7, 11) is 1.46. The molecular formula is C24H18FN3O4S. The third kappa shape index (κ3) is 5.16. The lowest BCUT2D eigenvalue weighted by molar-refractivity contribution is 0.0974. The standard InChI is InChI=1S/C24H18FN3O4S/c1-31-20-13-17(26-24(33)28-22(29)15-6-4-7-16(25)11-15)9-10-18(20)27-23(30)21-12-14-5-2-3-8-19(14)32-21/h2-13H,1H3,(H,27,30)(H2,26,28,29,33). The van der Waals surface area contributed by atoms with Crippen molar-refractivity contribution in [2.24, 2.45) is 0 Å². The fourth-order valence-electron chi connectivity index (χ4n) is 3.12. The molecule has 3 aromatic carbocycles. The van der Waals surface area contributed by atoms with Crippen molar-refractivity contribution in [1.29, 1.82) is 0 Å². The van der Waals surface area contributed by atoms with Gasteiger partial charge in [0.1, 0.15) is 17.1 Å². The van der Waals surface area contributed by atoms with E-state index in [1.165, 1.54) is 25.3 Å². The number of furan rings is 1.